The Morgan fingerprint density at radius 1 is 1.00 bits per heavy atom. The average molecular weight is 442 g/mol. The molecule has 5 nitrogen and oxygen atoms in total. The van der Waals surface area contributed by atoms with Gasteiger partial charge in [0.25, 0.3) is 11.8 Å². The Kier molecular flexibility index (Phi) is 7.05. The van der Waals surface area contributed by atoms with E-state index in [0.717, 1.165) is 0 Å². The Bertz CT molecular complexity index is 850. The predicted octanol–water partition coefficient (Wildman–Crippen LogP) is 4.45. The van der Waals surface area contributed by atoms with Gasteiger partial charge in [0, 0.05) is 29.7 Å². The first kappa shape index (κ1) is 20.8. The van der Waals surface area contributed by atoms with E-state index in [1.54, 1.807) is 47.4 Å². The van der Waals surface area contributed by atoms with Crippen LogP contribution in [0.15, 0.2) is 42.5 Å². The van der Waals surface area contributed by atoms with Crippen LogP contribution in [-0.2, 0) is 4.79 Å². The minimum atomic E-state index is -0.191. The fourth-order valence-corrected chi connectivity index (χ4v) is 3.41. The van der Waals surface area contributed by atoms with E-state index in [1.165, 1.54) is 0 Å². The lowest BCUT2D eigenvalue weighted by Gasteiger charge is -2.32. The molecule has 0 aliphatic carbocycles. The van der Waals surface area contributed by atoms with E-state index >= 15 is 0 Å². The van der Waals surface area contributed by atoms with Crippen LogP contribution in [0, 0.1) is 0 Å². The van der Waals surface area contributed by atoms with Crippen LogP contribution in [0.5, 0.6) is 5.75 Å². The second-order valence-electron chi connectivity index (χ2n) is 6.51. The van der Waals surface area contributed by atoms with Gasteiger partial charge in [0.05, 0.1) is 10.0 Å². The maximum atomic E-state index is 12.6. The molecule has 0 aromatic heterocycles. The molecule has 1 heterocycles. The number of carbonyl (C=O) groups excluding carboxylic acids is 2. The average Bonchev–Trinajstić information content (AvgIpc) is 2.70. The number of rotatable bonds is 5. The van der Waals surface area contributed by atoms with Crippen molar-refractivity contribution in [3.8, 4) is 5.75 Å². The SMILES string of the molecule is O=C(COc1ccc(Cl)cc1)NC1CCN(C(=O)c2ccc(Cl)c(Cl)c2)CC1. The van der Waals surface area contributed by atoms with Gasteiger partial charge in [0.1, 0.15) is 5.75 Å². The third kappa shape index (κ3) is 5.53. The highest BCUT2D eigenvalue weighted by Crippen LogP contribution is 2.24. The highest BCUT2D eigenvalue weighted by atomic mass is 35.5. The second-order valence-corrected chi connectivity index (χ2v) is 7.76. The quantitative estimate of drug-likeness (QED) is 0.746. The van der Waals surface area contributed by atoms with Crippen LogP contribution in [0.2, 0.25) is 15.1 Å². The van der Waals surface area contributed by atoms with Gasteiger partial charge in [-0.15, -0.1) is 0 Å². The molecule has 0 atom stereocenters. The highest BCUT2D eigenvalue weighted by molar-refractivity contribution is 6.42. The summed E-state index contributed by atoms with van der Waals surface area (Å²) in [6.45, 7) is 1.05. The third-order valence-electron chi connectivity index (χ3n) is 4.50. The van der Waals surface area contributed by atoms with Crippen LogP contribution in [0.3, 0.4) is 0 Å². The Balaban J connectivity index is 1.44. The van der Waals surface area contributed by atoms with Gasteiger partial charge < -0.3 is 15.0 Å². The maximum Gasteiger partial charge on any atom is 0.258 e. The molecular formula is C20H19Cl3N2O3. The van der Waals surface area contributed by atoms with Crippen molar-refractivity contribution in [1.82, 2.24) is 10.2 Å². The van der Waals surface area contributed by atoms with E-state index in [4.69, 9.17) is 39.5 Å². The van der Waals surface area contributed by atoms with Crippen LogP contribution < -0.4 is 10.1 Å². The number of halogens is 3. The number of carbonyl (C=O) groups is 2. The van der Waals surface area contributed by atoms with Crippen molar-refractivity contribution in [2.75, 3.05) is 19.7 Å². The lowest BCUT2D eigenvalue weighted by molar-refractivity contribution is -0.124. The molecule has 0 radical (unpaired) electrons. The lowest BCUT2D eigenvalue weighted by Crippen LogP contribution is -2.47. The topological polar surface area (TPSA) is 58.6 Å². The number of hydrogen-bond donors (Lipinski definition) is 1. The predicted molar refractivity (Wildman–Crippen MR) is 110 cm³/mol. The van der Waals surface area contributed by atoms with Crippen LogP contribution in [0.25, 0.3) is 0 Å². The van der Waals surface area contributed by atoms with Crippen molar-refractivity contribution < 1.29 is 14.3 Å². The summed E-state index contributed by atoms with van der Waals surface area (Å²) in [7, 11) is 0. The van der Waals surface area contributed by atoms with Crippen molar-refractivity contribution in [1.29, 1.82) is 0 Å². The number of likely N-dealkylation sites (tertiary alicyclic amines) is 1. The van der Waals surface area contributed by atoms with Crippen molar-refractivity contribution in [3.05, 3.63) is 63.1 Å². The molecule has 0 unspecified atom stereocenters. The Morgan fingerprint density at radius 3 is 2.32 bits per heavy atom. The molecule has 2 aromatic rings. The zero-order valence-corrected chi connectivity index (χ0v) is 17.2. The van der Waals surface area contributed by atoms with Gasteiger partial charge in [-0.1, -0.05) is 34.8 Å². The van der Waals surface area contributed by atoms with Crippen molar-refractivity contribution in [2.24, 2.45) is 0 Å². The zero-order chi connectivity index (χ0) is 20.1. The third-order valence-corrected chi connectivity index (χ3v) is 5.49. The van der Waals surface area contributed by atoms with Crippen LogP contribution in [0.4, 0.5) is 0 Å². The fourth-order valence-electron chi connectivity index (χ4n) is 2.99. The molecule has 148 valence electrons. The van der Waals surface area contributed by atoms with Crippen molar-refractivity contribution in [2.45, 2.75) is 18.9 Å². The minimum absolute atomic E-state index is 0.0131. The summed E-state index contributed by atoms with van der Waals surface area (Å²) in [4.78, 5) is 26.4. The molecule has 0 spiro atoms. The first-order valence-electron chi connectivity index (χ1n) is 8.84. The Labute approximate surface area is 178 Å². The summed E-state index contributed by atoms with van der Waals surface area (Å²) in [5.41, 5.74) is 0.508. The number of nitrogens with one attached hydrogen (secondary N) is 1. The summed E-state index contributed by atoms with van der Waals surface area (Å²) in [6.07, 6.45) is 1.36. The van der Waals surface area contributed by atoms with Crippen molar-refractivity contribution >= 4 is 46.6 Å². The van der Waals surface area contributed by atoms with Gasteiger partial charge >= 0.3 is 0 Å². The lowest BCUT2D eigenvalue weighted by atomic mass is 10.0. The molecule has 1 N–H and O–H groups in total. The van der Waals surface area contributed by atoms with E-state index in [-0.39, 0.29) is 24.5 Å². The number of ether oxygens (including phenoxy) is 1. The van der Waals surface area contributed by atoms with Gasteiger partial charge in [-0.25, -0.2) is 0 Å². The van der Waals surface area contributed by atoms with Gasteiger partial charge in [-0.05, 0) is 55.3 Å². The van der Waals surface area contributed by atoms with E-state index < -0.39 is 0 Å². The molecular weight excluding hydrogens is 423 g/mol. The molecule has 0 bridgehead atoms. The van der Waals surface area contributed by atoms with Gasteiger partial charge in [-0.2, -0.15) is 0 Å². The number of hydrogen-bond acceptors (Lipinski definition) is 3. The van der Waals surface area contributed by atoms with Crippen LogP contribution in [-0.4, -0.2) is 42.5 Å². The van der Waals surface area contributed by atoms with Crippen LogP contribution >= 0.6 is 34.8 Å². The smallest absolute Gasteiger partial charge is 0.258 e. The molecule has 0 saturated carbocycles. The van der Waals surface area contributed by atoms with E-state index in [0.29, 0.717) is 52.3 Å². The standard InChI is InChI=1S/C20H19Cl3N2O3/c21-14-2-4-16(5-3-14)28-12-19(26)24-15-7-9-25(10-8-15)20(27)13-1-6-17(22)18(23)11-13/h1-6,11,15H,7-10,12H2,(H,24,26). The van der Waals surface area contributed by atoms with Crippen LogP contribution in [0.1, 0.15) is 23.2 Å². The Morgan fingerprint density at radius 2 is 1.68 bits per heavy atom. The van der Waals surface area contributed by atoms with E-state index in [9.17, 15) is 9.59 Å². The molecule has 1 aliphatic heterocycles. The maximum absolute atomic E-state index is 12.6. The molecule has 1 aliphatic rings. The molecule has 2 amide bonds. The minimum Gasteiger partial charge on any atom is -0.484 e. The molecule has 3 rings (SSSR count). The van der Waals surface area contributed by atoms with E-state index in [1.807, 2.05) is 0 Å². The molecule has 2 aromatic carbocycles. The van der Waals surface area contributed by atoms with Gasteiger partial charge in [-0.3, -0.25) is 9.59 Å². The molecule has 8 heteroatoms. The largest absolute Gasteiger partial charge is 0.484 e. The summed E-state index contributed by atoms with van der Waals surface area (Å²) in [5, 5.41) is 4.33. The summed E-state index contributed by atoms with van der Waals surface area (Å²) >= 11 is 17.7. The van der Waals surface area contributed by atoms with Gasteiger partial charge in [0.15, 0.2) is 6.61 Å². The molecule has 1 fully saturated rings. The summed E-state index contributed by atoms with van der Waals surface area (Å²) < 4.78 is 5.44. The number of benzene rings is 2. The monoisotopic (exact) mass is 440 g/mol. The number of piperidine rings is 1. The normalized spacial score (nSPS) is 14.6. The zero-order valence-electron chi connectivity index (χ0n) is 15.0. The summed E-state index contributed by atoms with van der Waals surface area (Å²) in [6, 6.07) is 11.7. The fraction of sp³-hybridized carbons (Fsp3) is 0.300. The van der Waals surface area contributed by atoms with Gasteiger partial charge in [0.2, 0.25) is 0 Å². The molecule has 28 heavy (non-hydrogen) atoms. The number of amides is 2. The van der Waals surface area contributed by atoms with E-state index in [2.05, 4.69) is 5.32 Å². The first-order chi connectivity index (χ1) is 13.4. The summed E-state index contributed by atoms with van der Waals surface area (Å²) in [5.74, 6) is 0.306. The molecule has 1 saturated heterocycles. The highest BCUT2D eigenvalue weighted by Gasteiger charge is 2.25. The second kappa shape index (κ2) is 9.50. The number of nitrogens with zero attached hydrogens (tertiary/aromatic N) is 1. The first-order valence-corrected chi connectivity index (χ1v) is 9.98. The Hall–Kier alpha value is -1.95. The van der Waals surface area contributed by atoms with Crippen molar-refractivity contribution in [3.63, 3.8) is 0 Å².